The molecule has 0 fully saturated rings. The molecule has 0 saturated heterocycles. The lowest BCUT2D eigenvalue weighted by Crippen LogP contribution is -2.00. The lowest BCUT2D eigenvalue weighted by Gasteiger charge is -2.07. The highest BCUT2D eigenvalue weighted by Gasteiger charge is 2.12. The average Bonchev–Trinajstić information content (AvgIpc) is 2.40. The molecule has 2 aromatic rings. The summed E-state index contributed by atoms with van der Waals surface area (Å²) in [5, 5.41) is 10.5. The van der Waals surface area contributed by atoms with Gasteiger partial charge in [-0.1, -0.05) is 28.1 Å². The zero-order valence-corrected chi connectivity index (χ0v) is 10.9. The quantitative estimate of drug-likeness (QED) is 0.494. The van der Waals surface area contributed by atoms with E-state index in [2.05, 4.69) is 25.9 Å². The smallest absolute Gasteiger partial charge is 0.258 e. The maximum Gasteiger partial charge on any atom is 0.269 e. The molecule has 6 heteroatoms. The van der Waals surface area contributed by atoms with Gasteiger partial charge in [0.15, 0.2) is 0 Å². The summed E-state index contributed by atoms with van der Waals surface area (Å²) in [5.41, 5.74) is 1.09. The summed E-state index contributed by atoms with van der Waals surface area (Å²) in [4.78, 5) is 18.4. The third kappa shape index (κ3) is 3.10. The van der Waals surface area contributed by atoms with Crippen molar-refractivity contribution in [2.75, 3.05) is 0 Å². The molecule has 0 aliphatic heterocycles. The van der Waals surface area contributed by atoms with E-state index in [1.807, 2.05) is 0 Å². The lowest BCUT2D eigenvalue weighted by atomic mass is 10.1. The van der Waals surface area contributed by atoms with Crippen LogP contribution in [-0.2, 0) is 6.42 Å². The van der Waals surface area contributed by atoms with Gasteiger partial charge in [0.1, 0.15) is 5.82 Å². The first-order valence-corrected chi connectivity index (χ1v) is 6.22. The van der Waals surface area contributed by atoms with Crippen molar-refractivity contribution in [2.24, 2.45) is 0 Å². The van der Waals surface area contributed by atoms with Crippen LogP contribution in [0.4, 0.5) is 5.69 Å². The van der Waals surface area contributed by atoms with Crippen molar-refractivity contribution < 1.29 is 4.92 Å². The topological polar surface area (TPSA) is 68.9 Å². The molecule has 0 aliphatic rings. The van der Waals surface area contributed by atoms with Gasteiger partial charge in [0, 0.05) is 24.5 Å². The molecule has 1 heterocycles. The summed E-state index contributed by atoms with van der Waals surface area (Å²) in [7, 11) is 0. The first kappa shape index (κ1) is 12.6. The van der Waals surface area contributed by atoms with E-state index in [1.165, 1.54) is 12.1 Å². The maximum absolute atomic E-state index is 10.5. The number of hydrogen-bond acceptors (Lipinski definition) is 4. The standard InChI is InChI=1S/C12H10BrN3O2/c13-11(12-14-6-1-7-15-12)8-9-2-4-10(5-3-9)16(17)18/h1-7,11H,8H2. The fourth-order valence-electron chi connectivity index (χ4n) is 1.52. The summed E-state index contributed by atoms with van der Waals surface area (Å²) in [6, 6.07) is 8.25. The second kappa shape index (κ2) is 5.68. The van der Waals surface area contributed by atoms with Gasteiger partial charge in [0.2, 0.25) is 0 Å². The Morgan fingerprint density at radius 1 is 1.22 bits per heavy atom. The number of aromatic nitrogens is 2. The Labute approximate surface area is 112 Å². The van der Waals surface area contributed by atoms with E-state index >= 15 is 0 Å². The molecule has 2 rings (SSSR count). The zero-order chi connectivity index (χ0) is 13.0. The van der Waals surface area contributed by atoms with Gasteiger partial charge in [-0.25, -0.2) is 9.97 Å². The van der Waals surface area contributed by atoms with E-state index in [0.717, 1.165) is 5.56 Å². The Balaban J connectivity index is 2.08. The van der Waals surface area contributed by atoms with Crippen LogP contribution in [-0.4, -0.2) is 14.9 Å². The van der Waals surface area contributed by atoms with Crippen molar-refractivity contribution in [2.45, 2.75) is 11.2 Å². The van der Waals surface area contributed by atoms with Crippen LogP contribution in [0.5, 0.6) is 0 Å². The van der Waals surface area contributed by atoms with Crippen LogP contribution >= 0.6 is 15.9 Å². The largest absolute Gasteiger partial charge is 0.269 e. The Bertz CT molecular complexity index is 531. The van der Waals surface area contributed by atoms with Gasteiger partial charge in [-0.2, -0.15) is 0 Å². The Morgan fingerprint density at radius 2 is 1.83 bits per heavy atom. The number of alkyl halides is 1. The second-order valence-corrected chi connectivity index (χ2v) is 4.81. The number of halogens is 1. The third-order valence-electron chi connectivity index (χ3n) is 2.43. The van der Waals surface area contributed by atoms with Gasteiger partial charge in [-0.3, -0.25) is 10.1 Å². The predicted molar refractivity (Wildman–Crippen MR) is 70.5 cm³/mol. The molecule has 0 spiro atoms. The molecule has 1 aromatic carbocycles. The summed E-state index contributed by atoms with van der Waals surface area (Å²) in [6.45, 7) is 0. The van der Waals surface area contributed by atoms with Crippen molar-refractivity contribution in [3.05, 3.63) is 64.2 Å². The molecule has 5 nitrogen and oxygen atoms in total. The van der Waals surface area contributed by atoms with Crippen LogP contribution in [0.2, 0.25) is 0 Å². The van der Waals surface area contributed by atoms with E-state index < -0.39 is 4.92 Å². The van der Waals surface area contributed by atoms with E-state index in [9.17, 15) is 10.1 Å². The van der Waals surface area contributed by atoms with Crippen molar-refractivity contribution in [3.8, 4) is 0 Å². The van der Waals surface area contributed by atoms with Crippen LogP contribution in [0.15, 0.2) is 42.7 Å². The van der Waals surface area contributed by atoms with Gasteiger partial charge in [-0.05, 0) is 18.1 Å². The van der Waals surface area contributed by atoms with Crippen LogP contribution in [0.3, 0.4) is 0 Å². The second-order valence-electron chi connectivity index (χ2n) is 3.70. The number of nitro groups is 1. The van der Waals surface area contributed by atoms with Crippen molar-refractivity contribution >= 4 is 21.6 Å². The predicted octanol–water partition coefficient (Wildman–Crippen LogP) is 3.06. The highest BCUT2D eigenvalue weighted by Crippen LogP contribution is 2.24. The molecule has 1 atom stereocenters. The van der Waals surface area contributed by atoms with E-state index in [-0.39, 0.29) is 10.5 Å². The Morgan fingerprint density at radius 3 is 2.39 bits per heavy atom. The summed E-state index contributed by atoms with van der Waals surface area (Å²) >= 11 is 3.51. The molecular formula is C12H10BrN3O2. The molecule has 1 aromatic heterocycles. The monoisotopic (exact) mass is 307 g/mol. The Kier molecular flexibility index (Phi) is 3.99. The van der Waals surface area contributed by atoms with E-state index in [1.54, 1.807) is 30.6 Å². The lowest BCUT2D eigenvalue weighted by molar-refractivity contribution is -0.384. The molecule has 18 heavy (non-hydrogen) atoms. The highest BCUT2D eigenvalue weighted by atomic mass is 79.9. The van der Waals surface area contributed by atoms with Crippen molar-refractivity contribution in [1.82, 2.24) is 9.97 Å². The van der Waals surface area contributed by atoms with Crippen molar-refractivity contribution in [3.63, 3.8) is 0 Å². The minimum absolute atomic E-state index is 0.000145. The summed E-state index contributed by atoms with van der Waals surface area (Å²) in [5.74, 6) is 0.704. The maximum atomic E-state index is 10.5. The van der Waals surface area contributed by atoms with Gasteiger partial charge >= 0.3 is 0 Å². The summed E-state index contributed by atoms with van der Waals surface area (Å²) in [6.07, 6.45) is 4.06. The van der Waals surface area contributed by atoms with Gasteiger partial charge in [0.25, 0.3) is 5.69 Å². The highest BCUT2D eigenvalue weighted by molar-refractivity contribution is 9.09. The molecule has 0 N–H and O–H groups in total. The minimum Gasteiger partial charge on any atom is -0.258 e. The number of non-ortho nitro benzene ring substituents is 1. The van der Waals surface area contributed by atoms with Gasteiger partial charge in [0.05, 0.1) is 9.75 Å². The molecule has 92 valence electrons. The average molecular weight is 308 g/mol. The number of nitro benzene ring substituents is 1. The molecule has 1 unspecified atom stereocenters. The van der Waals surface area contributed by atoms with Gasteiger partial charge in [-0.15, -0.1) is 0 Å². The zero-order valence-electron chi connectivity index (χ0n) is 9.36. The van der Waals surface area contributed by atoms with Crippen LogP contribution in [0, 0.1) is 10.1 Å². The molecule has 0 saturated carbocycles. The van der Waals surface area contributed by atoms with Crippen LogP contribution in [0.1, 0.15) is 16.2 Å². The van der Waals surface area contributed by atoms with Gasteiger partial charge < -0.3 is 0 Å². The van der Waals surface area contributed by atoms with E-state index in [0.29, 0.717) is 12.2 Å². The molecule has 0 amide bonds. The SMILES string of the molecule is O=[N+]([O-])c1ccc(CC(Br)c2ncccn2)cc1. The molecule has 0 radical (unpaired) electrons. The molecule has 0 aliphatic carbocycles. The minimum atomic E-state index is -0.407. The normalized spacial score (nSPS) is 12.1. The third-order valence-corrected chi connectivity index (χ3v) is 3.16. The van der Waals surface area contributed by atoms with E-state index in [4.69, 9.17) is 0 Å². The first-order chi connectivity index (χ1) is 8.66. The van der Waals surface area contributed by atoms with Crippen LogP contribution in [0.25, 0.3) is 0 Å². The fraction of sp³-hybridized carbons (Fsp3) is 0.167. The molecular weight excluding hydrogens is 298 g/mol. The number of rotatable bonds is 4. The number of benzene rings is 1. The fourth-order valence-corrected chi connectivity index (χ4v) is 2.13. The van der Waals surface area contributed by atoms with Crippen LogP contribution < -0.4 is 0 Å². The number of hydrogen-bond donors (Lipinski definition) is 0. The number of nitrogens with zero attached hydrogens (tertiary/aromatic N) is 3. The molecule has 0 bridgehead atoms. The van der Waals surface area contributed by atoms with Crippen molar-refractivity contribution in [1.29, 1.82) is 0 Å². The first-order valence-electron chi connectivity index (χ1n) is 5.31. The summed E-state index contributed by atoms with van der Waals surface area (Å²) < 4.78 is 0. The Hall–Kier alpha value is -1.82.